The van der Waals surface area contributed by atoms with Gasteiger partial charge in [-0.1, -0.05) is 121 Å². The van der Waals surface area contributed by atoms with Gasteiger partial charge in [-0.15, -0.1) is 0 Å². The first-order chi connectivity index (χ1) is 29.1. The van der Waals surface area contributed by atoms with Crippen LogP contribution in [0.1, 0.15) is 11.1 Å². The second-order valence-corrected chi connectivity index (χ2v) is 14.2. The first-order valence-electron chi connectivity index (χ1n) is 19.2. The zero-order valence-corrected chi connectivity index (χ0v) is 31.5. The van der Waals surface area contributed by atoms with Gasteiger partial charge in [-0.3, -0.25) is 4.98 Å². The lowest BCUT2D eigenvalue weighted by atomic mass is 10.0. The van der Waals surface area contributed by atoms with Crippen LogP contribution in [0, 0.1) is 22.7 Å². The van der Waals surface area contributed by atoms with E-state index in [0.29, 0.717) is 28.6 Å². The standard InChI is InChI=1S/C52H31N7/c53-32-34-11-9-17-38(27-34)40-20-23-43-44-24-21-41(39-18-10-12-35(28-39)33-54)31-49(44)59(48(43)30-40)47-25-22-42(46-19-7-8-26-55-46)29-45(47)52-57-50(36-13-3-1-4-14-36)56-51(58-52)37-15-5-2-6-16-37/h1-31H. The number of nitriles is 2. The van der Waals surface area contributed by atoms with E-state index in [-0.39, 0.29) is 0 Å². The van der Waals surface area contributed by atoms with Crippen LogP contribution < -0.4 is 0 Å². The molecule has 0 saturated carbocycles. The van der Waals surface area contributed by atoms with Gasteiger partial charge in [-0.05, 0) is 82.9 Å². The van der Waals surface area contributed by atoms with Crippen molar-refractivity contribution in [3.05, 3.63) is 199 Å². The van der Waals surface area contributed by atoms with Gasteiger partial charge in [0.25, 0.3) is 0 Å². The van der Waals surface area contributed by atoms with Gasteiger partial charge in [0.15, 0.2) is 17.5 Å². The number of nitrogens with zero attached hydrogens (tertiary/aromatic N) is 7. The van der Waals surface area contributed by atoms with E-state index >= 15 is 0 Å². The summed E-state index contributed by atoms with van der Waals surface area (Å²) in [5.74, 6) is 1.63. The molecule has 0 aliphatic rings. The average Bonchev–Trinajstić information content (AvgIpc) is 3.64. The molecule has 0 spiro atoms. The smallest absolute Gasteiger partial charge is 0.166 e. The summed E-state index contributed by atoms with van der Waals surface area (Å²) < 4.78 is 2.28. The van der Waals surface area contributed by atoms with Crippen LogP contribution in [0.3, 0.4) is 0 Å². The van der Waals surface area contributed by atoms with Crippen molar-refractivity contribution in [3.8, 4) is 85.5 Å². The highest BCUT2D eigenvalue weighted by Crippen LogP contribution is 2.41. The Bertz CT molecular complexity index is 3110. The minimum atomic E-state index is 0.510. The molecule has 7 heteroatoms. The van der Waals surface area contributed by atoms with E-state index in [1.165, 1.54) is 0 Å². The minimum Gasteiger partial charge on any atom is -0.308 e. The molecule has 0 atom stereocenters. The number of benzene rings is 7. The molecule has 0 N–H and O–H groups in total. The molecule has 0 radical (unpaired) electrons. The van der Waals surface area contributed by atoms with Crippen LogP contribution in [0.25, 0.3) is 95.2 Å². The molecule has 0 fully saturated rings. The van der Waals surface area contributed by atoms with Gasteiger partial charge < -0.3 is 4.57 Å². The Morgan fingerprint density at radius 1 is 0.390 bits per heavy atom. The number of pyridine rings is 1. The predicted octanol–water partition coefficient (Wildman–Crippen LogP) is 12.1. The van der Waals surface area contributed by atoms with Gasteiger partial charge in [0.2, 0.25) is 0 Å². The highest BCUT2D eigenvalue weighted by molar-refractivity contribution is 6.11. The van der Waals surface area contributed by atoms with Crippen LogP contribution in [0.15, 0.2) is 188 Å². The zero-order chi connectivity index (χ0) is 39.7. The normalized spacial score (nSPS) is 11.0. The molecule has 0 unspecified atom stereocenters. The highest BCUT2D eigenvalue weighted by Gasteiger charge is 2.22. The van der Waals surface area contributed by atoms with Crippen LogP contribution in [-0.2, 0) is 0 Å². The van der Waals surface area contributed by atoms with Crippen LogP contribution >= 0.6 is 0 Å². The van der Waals surface area contributed by atoms with Gasteiger partial charge in [0.1, 0.15) is 0 Å². The monoisotopic (exact) mass is 753 g/mol. The van der Waals surface area contributed by atoms with E-state index in [2.05, 4.69) is 71.3 Å². The Morgan fingerprint density at radius 2 is 0.881 bits per heavy atom. The van der Waals surface area contributed by atoms with Gasteiger partial charge in [0, 0.05) is 39.2 Å². The molecule has 7 nitrogen and oxygen atoms in total. The van der Waals surface area contributed by atoms with Gasteiger partial charge in [0.05, 0.1) is 45.7 Å². The topological polar surface area (TPSA) is 104 Å². The lowest BCUT2D eigenvalue weighted by molar-refractivity contribution is 1.06. The second kappa shape index (κ2) is 14.9. The van der Waals surface area contributed by atoms with Gasteiger partial charge >= 0.3 is 0 Å². The van der Waals surface area contributed by atoms with E-state index < -0.39 is 0 Å². The molecule has 274 valence electrons. The molecular weight excluding hydrogens is 723 g/mol. The number of rotatable bonds is 7. The number of hydrogen-bond donors (Lipinski definition) is 0. The molecule has 3 heterocycles. The third-order valence-corrected chi connectivity index (χ3v) is 10.6. The molecule has 7 aromatic carbocycles. The van der Waals surface area contributed by atoms with Crippen molar-refractivity contribution in [2.45, 2.75) is 0 Å². The van der Waals surface area contributed by atoms with E-state index in [4.69, 9.17) is 19.9 Å². The van der Waals surface area contributed by atoms with Crippen LogP contribution in [0.4, 0.5) is 0 Å². The Kier molecular flexibility index (Phi) is 8.80. The van der Waals surface area contributed by atoms with Crippen molar-refractivity contribution in [2.75, 3.05) is 0 Å². The number of hydrogen-bond acceptors (Lipinski definition) is 6. The first kappa shape index (κ1) is 34.9. The Labute approximate surface area is 340 Å². The Morgan fingerprint density at radius 3 is 1.41 bits per heavy atom. The summed E-state index contributed by atoms with van der Waals surface area (Å²) in [5.41, 5.74) is 12.1. The first-order valence-corrected chi connectivity index (χ1v) is 19.2. The maximum Gasteiger partial charge on any atom is 0.166 e. The van der Waals surface area contributed by atoms with Gasteiger partial charge in [-0.2, -0.15) is 10.5 Å². The van der Waals surface area contributed by atoms with Gasteiger partial charge in [-0.25, -0.2) is 15.0 Å². The van der Waals surface area contributed by atoms with E-state index in [1.807, 2.05) is 127 Å². The lowest BCUT2D eigenvalue weighted by Crippen LogP contribution is -2.04. The summed E-state index contributed by atoms with van der Waals surface area (Å²) in [5, 5.41) is 21.6. The predicted molar refractivity (Wildman–Crippen MR) is 234 cm³/mol. The van der Waals surface area contributed by atoms with Crippen molar-refractivity contribution >= 4 is 21.8 Å². The Balaban J connectivity index is 1.30. The summed E-state index contributed by atoms with van der Waals surface area (Å²) in [6, 6.07) is 65.1. The molecule has 59 heavy (non-hydrogen) atoms. The fraction of sp³-hybridized carbons (Fsp3) is 0. The molecular formula is C52H31N7. The fourth-order valence-electron chi connectivity index (χ4n) is 7.71. The fourth-order valence-corrected chi connectivity index (χ4v) is 7.71. The Hall–Kier alpha value is -8.52. The van der Waals surface area contributed by atoms with Crippen molar-refractivity contribution in [1.29, 1.82) is 10.5 Å². The summed E-state index contributed by atoms with van der Waals surface area (Å²) in [7, 11) is 0. The molecule has 0 aliphatic carbocycles. The van der Waals surface area contributed by atoms with Crippen LogP contribution in [-0.4, -0.2) is 24.5 Å². The summed E-state index contributed by atoms with van der Waals surface area (Å²) >= 11 is 0. The maximum absolute atomic E-state index is 9.76. The summed E-state index contributed by atoms with van der Waals surface area (Å²) in [6.07, 6.45) is 1.80. The van der Waals surface area contributed by atoms with Crippen molar-refractivity contribution in [3.63, 3.8) is 0 Å². The van der Waals surface area contributed by atoms with Crippen molar-refractivity contribution < 1.29 is 0 Å². The van der Waals surface area contributed by atoms with Crippen LogP contribution in [0.5, 0.6) is 0 Å². The highest BCUT2D eigenvalue weighted by atomic mass is 15.1. The third kappa shape index (κ3) is 6.55. The van der Waals surface area contributed by atoms with E-state index in [1.54, 1.807) is 6.20 Å². The largest absolute Gasteiger partial charge is 0.308 e. The molecule has 3 aromatic heterocycles. The molecule has 0 saturated heterocycles. The molecule has 0 aliphatic heterocycles. The van der Waals surface area contributed by atoms with Crippen molar-refractivity contribution in [2.24, 2.45) is 0 Å². The second-order valence-electron chi connectivity index (χ2n) is 14.2. The van der Waals surface area contributed by atoms with E-state index in [0.717, 1.165) is 77.7 Å². The number of aromatic nitrogens is 5. The van der Waals surface area contributed by atoms with Crippen LogP contribution in [0.2, 0.25) is 0 Å². The maximum atomic E-state index is 9.76. The third-order valence-electron chi connectivity index (χ3n) is 10.6. The quantitative estimate of drug-likeness (QED) is 0.160. The number of fused-ring (bicyclic) bond motifs is 3. The van der Waals surface area contributed by atoms with E-state index in [9.17, 15) is 10.5 Å². The average molecular weight is 754 g/mol. The molecule has 0 amide bonds. The molecule has 10 rings (SSSR count). The SMILES string of the molecule is N#Cc1cccc(-c2ccc3c4ccc(-c5cccc(C#N)c5)cc4n(-c4ccc(-c5ccccn5)cc4-c4nc(-c5ccccc5)nc(-c5ccccc5)n4)c3c2)c1. The zero-order valence-electron chi connectivity index (χ0n) is 31.5. The van der Waals surface area contributed by atoms with Crippen molar-refractivity contribution in [1.82, 2.24) is 24.5 Å². The summed E-state index contributed by atoms with van der Waals surface area (Å²) in [6.45, 7) is 0. The molecule has 0 bridgehead atoms. The minimum absolute atomic E-state index is 0.510. The summed E-state index contributed by atoms with van der Waals surface area (Å²) in [4.78, 5) is 20.2. The lowest BCUT2D eigenvalue weighted by Gasteiger charge is -2.17. The molecule has 10 aromatic rings.